The van der Waals surface area contributed by atoms with Crippen LogP contribution < -0.4 is 0 Å². The van der Waals surface area contributed by atoms with E-state index in [1.54, 1.807) is 0 Å². The van der Waals surface area contributed by atoms with Crippen LogP contribution in [0.4, 0.5) is 0 Å². The van der Waals surface area contributed by atoms with E-state index in [2.05, 4.69) is 182 Å². The SMILES string of the molecule is c1ccc2c(-c3c4ccccc4c(-c4cc(-c5cc6ccccc6c6ccccc56)cc5ccccc45)c4ccccc34)cccc2c1. The van der Waals surface area contributed by atoms with E-state index in [-0.39, 0.29) is 0 Å². The molecule has 10 rings (SSSR count). The summed E-state index contributed by atoms with van der Waals surface area (Å²) in [7, 11) is 0. The van der Waals surface area contributed by atoms with Crippen LogP contribution in [0.25, 0.3) is 98.0 Å². The molecule has 0 atom stereocenters. The second-order valence-electron chi connectivity index (χ2n) is 12.8. The van der Waals surface area contributed by atoms with E-state index in [1.807, 2.05) is 0 Å². The van der Waals surface area contributed by atoms with Crippen LogP contribution in [0.5, 0.6) is 0 Å². The van der Waals surface area contributed by atoms with E-state index in [9.17, 15) is 0 Å². The summed E-state index contributed by atoms with van der Waals surface area (Å²) >= 11 is 0. The zero-order valence-corrected chi connectivity index (χ0v) is 26.3. The molecule has 0 nitrogen and oxygen atoms in total. The minimum absolute atomic E-state index is 1.23. The highest BCUT2D eigenvalue weighted by Crippen LogP contribution is 2.48. The average molecular weight is 607 g/mol. The van der Waals surface area contributed by atoms with Crippen LogP contribution in [0.1, 0.15) is 0 Å². The molecule has 0 aliphatic heterocycles. The van der Waals surface area contributed by atoms with Gasteiger partial charge in [-0.15, -0.1) is 0 Å². The van der Waals surface area contributed by atoms with Gasteiger partial charge in [0.2, 0.25) is 0 Å². The van der Waals surface area contributed by atoms with E-state index >= 15 is 0 Å². The maximum atomic E-state index is 2.45. The van der Waals surface area contributed by atoms with E-state index < -0.39 is 0 Å². The second-order valence-corrected chi connectivity index (χ2v) is 12.8. The molecule has 0 bridgehead atoms. The molecule has 10 aromatic rings. The highest BCUT2D eigenvalue weighted by atomic mass is 14.2. The summed E-state index contributed by atoms with van der Waals surface area (Å²) < 4.78 is 0. The van der Waals surface area contributed by atoms with Crippen molar-refractivity contribution in [2.45, 2.75) is 0 Å². The Morgan fingerprint density at radius 1 is 0.208 bits per heavy atom. The van der Waals surface area contributed by atoms with Crippen molar-refractivity contribution in [3.8, 4) is 33.4 Å². The van der Waals surface area contributed by atoms with E-state index in [0.29, 0.717) is 0 Å². The molecule has 0 saturated carbocycles. The van der Waals surface area contributed by atoms with Gasteiger partial charge in [0, 0.05) is 0 Å². The van der Waals surface area contributed by atoms with Crippen LogP contribution in [-0.4, -0.2) is 0 Å². The van der Waals surface area contributed by atoms with Gasteiger partial charge in [0.15, 0.2) is 0 Å². The van der Waals surface area contributed by atoms with Gasteiger partial charge in [-0.25, -0.2) is 0 Å². The third-order valence-electron chi connectivity index (χ3n) is 10.2. The Hall–Kier alpha value is -6.24. The van der Waals surface area contributed by atoms with E-state index in [4.69, 9.17) is 0 Å². The Labute approximate surface area is 279 Å². The van der Waals surface area contributed by atoms with Crippen LogP contribution in [0.2, 0.25) is 0 Å². The van der Waals surface area contributed by atoms with Crippen molar-refractivity contribution in [2.24, 2.45) is 0 Å². The van der Waals surface area contributed by atoms with Gasteiger partial charge in [0.25, 0.3) is 0 Å². The fourth-order valence-electron chi connectivity index (χ4n) is 8.12. The third-order valence-corrected chi connectivity index (χ3v) is 10.2. The smallest absolute Gasteiger partial charge is 0.00199 e. The maximum Gasteiger partial charge on any atom is -0.00199 e. The number of fused-ring (bicyclic) bond motifs is 7. The first-order valence-electron chi connectivity index (χ1n) is 16.7. The summed E-state index contributed by atoms with van der Waals surface area (Å²) in [5, 5.41) is 15.2. The first kappa shape index (κ1) is 26.9. The molecule has 0 unspecified atom stereocenters. The van der Waals surface area contributed by atoms with Gasteiger partial charge >= 0.3 is 0 Å². The van der Waals surface area contributed by atoms with Crippen molar-refractivity contribution in [1.82, 2.24) is 0 Å². The highest BCUT2D eigenvalue weighted by molar-refractivity contribution is 6.26. The molecule has 0 aliphatic rings. The lowest BCUT2D eigenvalue weighted by molar-refractivity contribution is 1.67. The molecule has 0 aliphatic carbocycles. The molecule has 0 N–H and O–H groups in total. The summed E-state index contributed by atoms with van der Waals surface area (Å²) in [5.74, 6) is 0. The fraction of sp³-hybridized carbons (Fsp3) is 0. The van der Waals surface area contributed by atoms with Crippen molar-refractivity contribution in [3.05, 3.63) is 182 Å². The van der Waals surface area contributed by atoms with Crippen molar-refractivity contribution in [3.63, 3.8) is 0 Å². The minimum atomic E-state index is 1.23. The average Bonchev–Trinajstić information content (AvgIpc) is 3.16. The molecule has 0 saturated heterocycles. The van der Waals surface area contributed by atoms with Crippen LogP contribution in [0, 0.1) is 0 Å². The molecule has 222 valence electrons. The van der Waals surface area contributed by atoms with E-state index in [0.717, 1.165) is 0 Å². The van der Waals surface area contributed by atoms with Crippen molar-refractivity contribution >= 4 is 64.6 Å². The molecule has 48 heavy (non-hydrogen) atoms. The van der Waals surface area contributed by atoms with E-state index in [1.165, 1.54) is 98.0 Å². The first-order valence-corrected chi connectivity index (χ1v) is 16.7. The van der Waals surface area contributed by atoms with Gasteiger partial charge in [0.1, 0.15) is 0 Å². The standard InChI is InChI=1S/C48H30/c1-4-18-35-31(14-1)17-13-27-40(35)47-41-23-9-11-25-43(41)48(44-26-12-10-24-42(44)47)46-30-34(28-32-15-2-6-20-37(32)46)45-29-33-16-3-5-19-36(33)38-21-7-8-22-39(38)45/h1-30H. The third kappa shape index (κ3) is 4.03. The molecule has 0 aromatic heterocycles. The lowest BCUT2D eigenvalue weighted by Gasteiger charge is -2.20. The summed E-state index contributed by atoms with van der Waals surface area (Å²) in [6.07, 6.45) is 0. The Balaban J connectivity index is 1.35. The van der Waals surface area contributed by atoms with Crippen molar-refractivity contribution in [1.29, 1.82) is 0 Å². The van der Waals surface area contributed by atoms with Gasteiger partial charge < -0.3 is 0 Å². The number of rotatable bonds is 3. The first-order chi connectivity index (χ1) is 23.8. The minimum Gasteiger partial charge on any atom is -0.0616 e. The van der Waals surface area contributed by atoms with Crippen molar-refractivity contribution < 1.29 is 0 Å². The summed E-state index contributed by atoms with van der Waals surface area (Å²) in [5.41, 5.74) is 7.61. The fourth-order valence-corrected chi connectivity index (χ4v) is 8.12. The van der Waals surface area contributed by atoms with Crippen LogP contribution in [0.15, 0.2) is 182 Å². The Bertz CT molecular complexity index is 2830. The Morgan fingerprint density at radius 3 is 1.25 bits per heavy atom. The normalized spacial score (nSPS) is 11.8. The molecule has 0 spiro atoms. The van der Waals surface area contributed by atoms with Crippen molar-refractivity contribution in [2.75, 3.05) is 0 Å². The molecular formula is C48H30. The summed E-state index contributed by atoms with van der Waals surface area (Å²) in [4.78, 5) is 0. The Morgan fingerprint density at radius 2 is 0.625 bits per heavy atom. The quantitative estimate of drug-likeness (QED) is 0.139. The lowest BCUT2D eigenvalue weighted by atomic mass is 9.82. The zero-order chi connectivity index (χ0) is 31.6. The van der Waals surface area contributed by atoms with Crippen LogP contribution >= 0.6 is 0 Å². The predicted molar refractivity (Wildman–Crippen MR) is 208 cm³/mol. The molecule has 0 heteroatoms. The largest absolute Gasteiger partial charge is 0.0616 e. The molecule has 0 fully saturated rings. The molecule has 0 radical (unpaired) electrons. The van der Waals surface area contributed by atoms with Crippen LogP contribution in [-0.2, 0) is 0 Å². The lowest BCUT2D eigenvalue weighted by Crippen LogP contribution is -1.93. The monoisotopic (exact) mass is 606 g/mol. The zero-order valence-electron chi connectivity index (χ0n) is 26.3. The summed E-state index contributed by atoms with van der Waals surface area (Å²) in [6.45, 7) is 0. The van der Waals surface area contributed by atoms with Gasteiger partial charge in [0.05, 0.1) is 0 Å². The van der Waals surface area contributed by atoms with Gasteiger partial charge in [-0.05, 0) is 116 Å². The molecule has 10 aromatic carbocycles. The van der Waals surface area contributed by atoms with Gasteiger partial charge in [-0.2, -0.15) is 0 Å². The van der Waals surface area contributed by atoms with Gasteiger partial charge in [-0.3, -0.25) is 0 Å². The second kappa shape index (κ2) is 10.7. The topological polar surface area (TPSA) is 0 Å². The predicted octanol–water partition coefficient (Wildman–Crippen LogP) is 13.6. The summed E-state index contributed by atoms with van der Waals surface area (Å²) in [6, 6.07) is 67.2. The molecule has 0 heterocycles. The number of benzene rings is 10. The van der Waals surface area contributed by atoms with Gasteiger partial charge in [-0.1, -0.05) is 164 Å². The number of hydrogen-bond acceptors (Lipinski definition) is 0. The van der Waals surface area contributed by atoms with Crippen LogP contribution in [0.3, 0.4) is 0 Å². The molecular weight excluding hydrogens is 577 g/mol. The highest BCUT2D eigenvalue weighted by Gasteiger charge is 2.20. The maximum absolute atomic E-state index is 2.45. The Kier molecular flexibility index (Phi) is 5.98. The molecule has 0 amide bonds. The number of hydrogen-bond donors (Lipinski definition) is 0.